The third-order valence-corrected chi connectivity index (χ3v) is 6.10. The maximum absolute atomic E-state index is 12.6. The van der Waals surface area contributed by atoms with Gasteiger partial charge in [-0.05, 0) is 30.8 Å². The van der Waals surface area contributed by atoms with Crippen molar-refractivity contribution in [1.82, 2.24) is 14.9 Å². The van der Waals surface area contributed by atoms with E-state index in [9.17, 15) is 4.79 Å². The standard InChI is InChI=1S/C18H20ClN3OS2/c1-3-22(4-2)9-10-24-18-20-16(23)15-14(11-25-17(15)21-18)12-5-7-13(19)8-6-12/h5-8,11H,3-4,9-10H2,1-2H3,(H,20,21,23). The monoisotopic (exact) mass is 393 g/mol. The number of H-pyrrole nitrogens is 1. The lowest BCUT2D eigenvalue weighted by Crippen LogP contribution is -2.25. The largest absolute Gasteiger partial charge is 0.303 e. The van der Waals surface area contributed by atoms with Crippen LogP contribution in [0.4, 0.5) is 0 Å². The normalized spacial score (nSPS) is 11.5. The van der Waals surface area contributed by atoms with Gasteiger partial charge >= 0.3 is 0 Å². The molecule has 0 atom stereocenters. The van der Waals surface area contributed by atoms with Crippen molar-refractivity contribution in [3.05, 3.63) is 45.0 Å². The molecule has 0 spiro atoms. The molecule has 1 aromatic carbocycles. The molecule has 0 radical (unpaired) electrons. The van der Waals surface area contributed by atoms with Gasteiger partial charge in [-0.1, -0.05) is 49.3 Å². The van der Waals surface area contributed by atoms with E-state index in [1.165, 1.54) is 11.3 Å². The van der Waals surface area contributed by atoms with Crippen molar-refractivity contribution < 1.29 is 0 Å². The second-order valence-electron chi connectivity index (χ2n) is 5.58. The minimum Gasteiger partial charge on any atom is -0.303 e. The molecule has 0 amide bonds. The number of aromatic amines is 1. The van der Waals surface area contributed by atoms with Crippen LogP contribution in [0.2, 0.25) is 5.02 Å². The van der Waals surface area contributed by atoms with Crippen molar-refractivity contribution in [2.24, 2.45) is 0 Å². The SMILES string of the molecule is CCN(CC)CCSc1nc2scc(-c3ccc(Cl)cc3)c2c(=O)[nH]1. The highest BCUT2D eigenvalue weighted by Crippen LogP contribution is 2.32. The maximum atomic E-state index is 12.6. The number of thiophene rings is 1. The van der Waals surface area contributed by atoms with Gasteiger partial charge in [-0.25, -0.2) is 4.98 Å². The van der Waals surface area contributed by atoms with E-state index in [1.807, 2.05) is 29.6 Å². The van der Waals surface area contributed by atoms with Crippen molar-refractivity contribution in [3.8, 4) is 11.1 Å². The molecule has 0 saturated carbocycles. The molecule has 4 nitrogen and oxygen atoms in total. The summed E-state index contributed by atoms with van der Waals surface area (Å²) >= 11 is 9.05. The quantitative estimate of drug-likeness (QED) is 0.465. The first-order chi connectivity index (χ1) is 12.1. The Morgan fingerprint density at radius 2 is 1.96 bits per heavy atom. The number of hydrogen-bond acceptors (Lipinski definition) is 5. The van der Waals surface area contributed by atoms with E-state index in [1.54, 1.807) is 11.8 Å². The summed E-state index contributed by atoms with van der Waals surface area (Å²) in [5, 5.41) is 4.01. The highest BCUT2D eigenvalue weighted by atomic mass is 35.5. The summed E-state index contributed by atoms with van der Waals surface area (Å²) in [6.45, 7) is 7.37. The third kappa shape index (κ3) is 4.26. The minimum absolute atomic E-state index is 0.0819. The van der Waals surface area contributed by atoms with Crippen LogP contribution in [-0.4, -0.2) is 40.3 Å². The lowest BCUT2D eigenvalue weighted by atomic mass is 10.1. The predicted octanol–water partition coefficient (Wildman–Crippen LogP) is 4.74. The molecule has 3 aromatic rings. The summed E-state index contributed by atoms with van der Waals surface area (Å²) in [4.78, 5) is 23.3. The molecule has 0 aliphatic carbocycles. The Labute approximate surface area is 160 Å². The molecule has 2 aromatic heterocycles. The number of nitrogens with one attached hydrogen (secondary N) is 1. The van der Waals surface area contributed by atoms with Crippen LogP contribution in [0.5, 0.6) is 0 Å². The molecular formula is C18H20ClN3OS2. The van der Waals surface area contributed by atoms with E-state index in [2.05, 4.69) is 28.7 Å². The molecule has 0 unspecified atom stereocenters. The summed E-state index contributed by atoms with van der Waals surface area (Å²) in [6, 6.07) is 7.52. The highest BCUT2D eigenvalue weighted by Gasteiger charge is 2.13. The highest BCUT2D eigenvalue weighted by molar-refractivity contribution is 7.99. The van der Waals surface area contributed by atoms with Crippen LogP contribution >= 0.6 is 34.7 Å². The molecule has 0 bridgehead atoms. The van der Waals surface area contributed by atoms with Gasteiger partial charge in [-0.3, -0.25) is 4.79 Å². The number of halogens is 1. The summed E-state index contributed by atoms with van der Waals surface area (Å²) in [5.41, 5.74) is 1.80. The van der Waals surface area contributed by atoms with E-state index in [0.717, 1.165) is 41.3 Å². The average molecular weight is 394 g/mol. The smallest absolute Gasteiger partial charge is 0.260 e. The number of fused-ring (bicyclic) bond motifs is 1. The summed E-state index contributed by atoms with van der Waals surface area (Å²) < 4.78 is 0. The number of nitrogens with zero attached hydrogens (tertiary/aromatic N) is 2. The first kappa shape index (κ1) is 18.5. The molecule has 0 aliphatic heterocycles. The van der Waals surface area contributed by atoms with E-state index in [0.29, 0.717) is 15.6 Å². The second kappa shape index (κ2) is 8.36. The van der Waals surface area contributed by atoms with Crippen LogP contribution in [0, 0.1) is 0 Å². The molecule has 2 heterocycles. The minimum atomic E-state index is -0.0819. The summed E-state index contributed by atoms with van der Waals surface area (Å²) in [6.07, 6.45) is 0. The second-order valence-corrected chi connectivity index (χ2v) is 7.96. The van der Waals surface area contributed by atoms with Gasteiger partial charge in [-0.2, -0.15) is 0 Å². The van der Waals surface area contributed by atoms with Crippen molar-refractivity contribution in [1.29, 1.82) is 0 Å². The Bertz CT molecular complexity index is 901. The van der Waals surface area contributed by atoms with Gasteiger partial charge in [0.1, 0.15) is 4.83 Å². The fraction of sp³-hybridized carbons (Fsp3) is 0.333. The molecule has 3 rings (SSSR count). The topological polar surface area (TPSA) is 49.0 Å². The Morgan fingerprint density at radius 3 is 2.64 bits per heavy atom. The summed E-state index contributed by atoms with van der Waals surface area (Å²) in [7, 11) is 0. The molecule has 132 valence electrons. The van der Waals surface area contributed by atoms with Crippen LogP contribution in [-0.2, 0) is 0 Å². The number of aromatic nitrogens is 2. The first-order valence-electron chi connectivity index (χ1n) is 8.25. The van der Waals surface area contributed by atoms with Crippen LogP contribution in [0.25, 0.3) is 21.3 Å². The molecule has 7 heteroatoms. The van der Waals surface area contributed by atoms with Gasteiger partial charge in [0, 0.05) is 28.3 Å². The average Bonchev–Trinajstić information content (AvgIpc) is 3.04. The number of benzene rings is 1. The number of rotatable bonds is 7. The van der Waals surface area contributed by atoms with Gasteiger partial charge in [-0.15, -0.1) is 11.3 Å². The first-order valence-corrected chi connectivity index (χ1v) is 10.5. The molecular weight excluding hydrogens is 374 g/mol. The summed E-state index contributed by atoms with van der Waals surface area (Å²) in [5.74, 6) is 0.908. The van der Waals surface area contributed by atoms with E-state index < -0.39 is 0 Å². The Balaban J connectivity index is 1.84. The van der Waals surface area contributed by atoms with E-state index in [-0.39, 0.29) is 5.56 Å². The fourth-order valence-corrected chi connectivity index (χ4v) is 4.65. The molecule has 25 heavy (non-hydrogen) atoms. The van der Waals surface area contributed by atoms with Gasteiger partial charge < -0.3 is 9.88 Å². The van der Waals surface area contributed by atoms with Crippen molar-refractivity contribution in [2.75, 3.05) is 25.4 Å². The lowest BCUT2D eigenvalue weighted by Gasteiger charge is -2.16. The number of hydrogen-bond donors (Lipinski definition) is 1. The zero-order valence-corrected chi connectivity index (χ0v) is 16.6. The zero-order chi connectivity index (χ0) is 17.8. The zero-order valence-electron chi connectivity index (χ0n) is 14.2. The predicted molar refractivity (Wildman–Crippen MR) is 109 cm³/mol. The van der Waals surface area contributed by atoms with Gasteiger partial charge in [0.2, 0.25) is 0 Å². The lowest BCUT2D eigenvalue weighted by molar-refractivity contribution is 0.324. The fourth-order valence-electron chi connectivity index (χ4n) is 2.65. The van der Waals surface area contributed by atoms with Crippen LogP contribution in [0.1, 0.15) is 13.8 Å². The molecule has 0 fully saturated rings. The van der Waals surface area contributed by atoms with E-state index in [4.69, 9.17) is 11.6 Å². The third-order valence-electron chi connectivity index (χ3n) is 4.12. The Morgan fingerprint density at radius 1 is 1.24 bits per heavy atom. The number of thioether (sulfide) groups is 1. The van der Waals surface area contributed by atoms with Crippen LogP contribution in [0.3, 0.4) is 0 Å². The van der Waals surface area contributed by atoms with Crippen LogP contribution in [0.15, 0.2) is 39.6 Å². The van der Waals surface area contributed by atoms with Crippen LogP contribution < -0.4 is 5.56 Å². The maximum Gasteiger partial charge on any atom is 0.260 e. The van der Waals surface area contributed by atoms with Gasteiger partial charge in [0.25, 0.3) is 5.56 Å². The van der Waals surface area contributed by atoms with Gasteiger partial charge in [0.05, 0.1) is 5.39 Å². The Hall–Kier alpha value is -1.34. The Kier molecular flexibility index (Phi) is 6.17. The molecule has 1 N–H and O–H groups in total. The van der Waals surface area contributed by atoms with Crippen molar-refractivity contribution >= 4 is 44.9 Å². The van der Waals surface area contributed by atoms with Gasteiger partial charge in [0.15, 0.2) is 5.16 Å². The molecule has 0 saturated heterocycles. The van der Waals surface area contributed by atoms with E-state index >= 15 is 0 Å². The molecule has 0 aliphatic rings. The van der Waals surface area contributed by atoms with Crippen molar-refractivity contribution in [3.63, 3.8) is 0 Å². The van der Waals surface area contributed by atoms with Crippen molar-refractivity contribution in [2.45, 2.75) is 19.0 Å².